The van der Waals surface area contributed by atoms with E-state index < -0.39 is 0 Å². The lowest BCUT2D eigenvalue weighted by Crippen LogP contribution is -1.87. The van der Waals surface area contributed by atoms with E-state index in [0.717, 1.165) is 10.2 Å². The average Bonchev–Trinajstić information content (AvgIpc) is 2.20. The van der Waals surface area contributed by atoms with E-state index in [0.29, 0.717) is 0 Å². The van der Waals surface area contributed by atoms with Crippen molar-refractivity contribution in [2.45, 2.75) is 18.2 Å². The molecule has 0 fully saturated rings. The number of hydrogen-bond acceptors (Lipinski definition) is 3. The van der Waals surface area contributed by atoms with Crippen molar-refractivity contribution >= 4 is 45.1 Å². The normalized spacial score (nSPS) is 10.5. The Morgan fingerprint density at radius 2 is 2.13 bits per heavy atom. The van der Waals surface area contributed by atoms with Gasteiger partial charge in [0.25, 0.3) is 0 Å². The summed E-state index contributed by atoms with van der Waals surface area (Å²) in [7, 11) is 0. The third kappa shape index (κ3) is 5.18. The summed E-state index contributed by atoms with van der Waals surface area (Å²) < 4.78 is 1.11. The van der Waals surface area contributed by atoms with E-state index in [2.05, 4.69) is 28.9 Å². The van der Waals surface area contributed by atoms with Crippen LogP contribution in [-0.4, -0.2) is 17.3 Å². The van der Waals surface area contributed by atoms with E-state index in [1.807, 2.05) is 35.7 Å². The molecule has 0 unspecified atom stereocenters. The molecule has 0 aliphatic carbocycles. The van der Waals surface area contributed by atoms with Gasteiger partial charge in [-0.1, -0.05) is 6.92 Å². The maximum atomic E-state index is 5.68. The summed E-state index contributed by atoms with van der Waals surface area (Å²) in [6.45, 7) is 2.20. The van der Waals surface area contributed by atoms with Gasteiger partial charge >= 0.3 is 0 Å². The zero-order chi connectivity index (χ0) is 11.1. The van der Waals surface area contributed by atoms with Crippen molar-refractivity contribution in [3.8, 4) is 0 Å². The molecule has 0 amide bonds. The fraction of sp³-hybridized carbons (Fsp3) is 0.455. The van der Waals surface area contributed by atoms with Crippen molar-refractivity contribution in [3.05, 3.63) is 22.7 Å². The zero-order valence-corrected chi connectivity index (χ0v) is 12.1. The first kappa shape index (κ1) is 13.3. The maximum Gasteiger partial charge on any atom is 0.0331 e. The highest BCUT2D eigenvalue weighted by Crippen LogP contribution is 2.29. The van der Waals surface area contributed by atoms with E-state index in [9.17, 15) is 0 Å². The van der Waals surface area contributed by atoms with Crippen molar-refractivity contribution in [3.63, 3.8) is 0 Å². The fourth-order valence-electron chi connectivity index (χ4n) is 1.12. The van der Waals surface area contributed by atoms with Crippen LogP contribution in [0.25, 0.3) is 0 Å². The molecule has 0 aliphatic rings. The molecule has 1 rings (SSSR count). The van der Waals surface area contributed by atoms with Gasteiger partial charge in [-0.15, -0.1) is 11.8 Å². The highest BCUT2D eigenvalue weighted by molar-refractivity contribution is 9.10. The zero-order valence-electron chi connectivity index (χ0n) is 8.83. The van der Waals surface area contributed by atoms with E-state index >= 15 is 0 Å². The first-order valence-corrected chi connectivity index (χ1v) is 7.93. The van der Waals surface area contributed by atoms with Crippen LogP contribution in [0, 0.1) is 0 Å². The molecule has 0 bridgehead atoms. The molecule has 0 saturated carbocycles. The number of nitrogen functional groups attached to an aromatic ring is 1. The van der Waals surface area contributed by atoms with Crippen LogP contribution in [0.15, 0.2) is 27.6 Å². The highest BCUT2D eigenvalue weighted by atomic mass is 79.9. The second-order valence-electron chi connectivity index (χ2n) is 3.09. The molecule has 0 heterocycles. The number of benzene rings is 1. The van der Waals surface area contributed by atoms with Crippen LogP contribution in [0.5, 0.6) is 0 Å². The molecule has 0 atom stereocenters. The van der Waals surface area contributed by atoms with Gasteiger partial charge in [-0.05, 0) is 57.8 Å². The Kier molecular flexibility index (Phi) is 6.61. The molecule has 15 heavy (non-hydrogen) atoms. The van der Waals surface area contributed by atoms with Crippen molar-refractivity contribution in [1.82, 2.24) is 0 Å². The van der Waals surface area contributed by atoms with Gasteiger partial charge in [0.15, 0.2) is 0 Å². The summed E-state index contributed by atoms with van der Waals surface area (Å²) in [6, 6.07) is 5.99. The van der Waals surface area contributed by atoms with Crippen molar-refractivity contribution in [2.24, 2.45) is 0 Å². The maximum absolute atomic E-state index is 5.68. The number of thioether (sulfide) groups is 2. The van der Waals surface area contributed by atoms with Crippen LogP contribution in [0.2, 0.25) is 0 Å². The molecular formula is C11H16BrNS2. The molecule has 0 aromatic heterocycles. The second-order valence-corrected chi connectivity index (χ2v) is 6.47. The molecule has 0 spiro atoms. The van der Waals surface area contributed by atoms with E-state index in [1.54, 1.807) is 0 Å². The fourth-order valence-corrected chi connectivity index (χ4v) is 3.55. The first-order valence-electron chi connectivity index (χ1n) is 4.99. The summed E-state index contributed by atoms with van der Waals surface area (Å²) in [6.07, 6.45) is 1.26. The van der Waals surface area contributed by atoms with Gasteiger partial charge in [0.05, 0.1) is 0 Å². The monoisotopic (exact) mass is 305 g/mol. The van der Waals surface area contributed by atoms with Gasteiger partial charge < -0.3 is 5.73 Å². The highest BCUT2D eigenvalue weighted by Gasteiger charge is 2.00. The predicted octanol–water partition coefficient (Wildman–Crippen LogP) is 4.27. The van der Waals surface area contributed by atoms with Gasteiger partial charge in [0.2, 0.25) is 0 Å². The summed E-state index contributed by atoms with van der Waals surface area (Å²) in [5.74, 6) is 3.65. The molecule has 1 nitrogen and oxygen atoms in total. The Bertz CT molecular complexity index is 305. The van der Waals surface area contributed by atoms with Crippen molar-refractivity contribution < 1.29 is 0 Å². The van der Waals surface area contributed by atoms with Crippen LogP contribution in [0.1, 0.15) is 13.3 Å². The summed E-state index contributed by atoms with van der Waals surface area (Å²) >= 11 is 7.42. The number of anilines is 1. The second kappa shape index (κ2) is 7.47. The standard InChI is InChI=1S/C11H16BrNS2/c1-2-14-6-3-7-15-11-5-4-9(13)8-10(11)12/h4-5,8H,2-3,6-7,13H2,1H3. The van der Waals surface area contributed by atoms with Gasteiger partial charge in [0, 0.05) is 15.1 Å². The summed E-state index contributed by atoms with van der Waals surface area (Å²) in [5.41, 5.74) is 6.49. The molecule has 0 radical (unpaired) electrons. The van der Waals surface area contributed by atoms with E-state index in [4.69, 9.17) is 5.73 Å². The molecule has 0 saturated heterocycles. The van der Waals surface area contributed by atoms with Crippen LogP contribution in [0.3, 0.4) is 0 Å². The lowest BCUT2D eigenvalue weighted by Gasteiger charge is -2.04. The Labute approximate surface area is 109 Å². The topological polar surface area (TPSA) is 26.0 Å². The minimum atomic E-state index is 0.813. The van der Waals surface area contributed by atoms with Crippen LogP contribution in [0.4, 0.5) is 5.69 Å². The van der Waals surface area contributed by atoms with E-state index in [-0.39, 0.29) is 0 Å². The lowest BCUT2D eigenvalue weighted by atomic mass is 10.3. The van der Waals surface area contributed by atoms with Crippen molar-refractivity contribution in [2.75, 3.05) is 23.0 Å². The molecule has 0 aliphatic heterocycles. The number of halogens is 1. The van der Waals surface area contributed by atoms with Crippen LogP contribution in [-0.2, 0) is 0 Å². The Hall–Kier alpha value is 0.200. The third-order valence-corrected chi connectivity index (χ3v) is 4.91. The van der Waals surface area contributed by atoms with Crippen molar-refractivity contribution in [1.29, 1.82) is 0 Å². The predicted molar refractivity (Wildman–Crippen MR) is 76.9 cm³/mol. The molecule has 1 aromatic rings. The summed E-state index contributed by atoms with van der Waals surface area (Å²) in [5, 5.41) is 0. The number of rotatable bonds is 6. The smallest absolute Gasteiger partial charge is 0.0331 e. The van der Waals surface area contributed by atoms with Gasteiger partial charge in [-0.2, -0.15) is 11.8 Å². The van der Waals surface area contributed by atoms with Crippen LogP contribution < -0.4 is 5.73 Å². The molecule has 2 N–H and O–H groups in total. The minimum absolute atomic E-state index is 0.813. The Balaban J connectivity index is 2.31. The largest absolute Gasteiger partial charge is 0.399 e. The number of nitrogens with two attached hydrogens (primary N) is 1. The minimum Gasteiger partial charge on any atom is -0.399 e. The van der Waals surface area contributed by atoms with Gasteiger partial charge in [0.1, 0.15) is 0 Å². The molecule has 1 aromatic carbocycles. The Morgan fingerprint density at radius 1 is 1.33 bits per heavy atom. The average molecular weight is 306 g/mol. The first-order chi connectivity index (χ1) is 7.24. The van der Waals surface area contributed by atoms with E-state index in [1.165, 1.54) is 28.6 Å². The lowest BCUT2D eigenvalue weighted by molar-refractivity contribution is 1.12. The van der Waals surface area contributed by atoms with Gasteiger partial charge in [-0.3, -0.25) is 0 Å². The number of hydrogen-bond donors (Lipinski definition) is 1. The SMILES string of the molecule is CCSCCCSc1ccc(N)cc1Br. The Morgan fingerprint density at radius 3 is 2.80 bits per heavy atom. The summed E-state index contributed by atoms with van der Waals surface area (Å²) in [4.78, 5) is 1.28. The molecule has 84 valence electrons. The quantitative estimate of drug-likeness (QED) is 0.483. The molecular weight excluding hydrogens is 290 g/mol. The third-order valence-electron chi connectivity index (χ3n) is 1.85. The molecule has 4 heteroatoms. The van der Waals surface area contributed by atoms with Crippen LogP contribution >= 0.6 is 39.5 Å². The van der Waals surface area contributed by atoms with Gasteiger partial charge in [-0.25, -0.2) is 0 Å².